The molecule has 0 fully saturated rings. The highest BCUT2D eigenvalue weighted by molar-refractivity contribution is 7.11. The van der Waals surface area contributed by atoms with E-state index in [1.165, 1.54) is 29.1 Å². The highest BCUT2D eigenvalue weighted by Crippen LogP contribution is 2.24. The van der Waals surface area contributed by atoms with Gasteiger partial charge in [-0.2, -0.15) is 0 Å². The molecular formula is C11H20N2S. The number of hydrogen-bond donors (Lipinski definition) is 1. The molecule has 3 heteroatoms. The van der Waals surface area contributed by atoms with Crippen molar-refractivity contribution < 1.29 is 0 Å². The van der Waals surface area contributed by atoms with Crippen molar-refractivity contribution in [1.29, 1.82) is 0 Å². The summed E-state index contributed by atoms with van der Waals surface area (Å²) in [6.07, 6.45) is 5.79. The lowest BCUT2D eigenvalue weighted by molar-refractivity contribution is 0.501. The average molecular weight is 212 g/mol. The smallest absolute Gasteiger partial charge is 0.0897 e. The van der Waals surface area contributed by atoms with Crippen molar-refractivity contribution in [2.75, 3.05) is 6.54 Å². The fourth-order valence-electron chi connectivity index (χ4n) is 1.54. The van der Waals surface area contributed by atoms with E-state index in [1.807, 2.05) is 17.5 Å². The molecule has 0 amide bonds. The Bertz CT molecular complexity index is 258. The number of nitrogens with one attached hydrogen (secondary N) is 1. The van der Waals surface area contributed by atoms with E-state index in [1.54, 1.807) is 0 Å². The molecule has 0 spiro atoms. The number of aromatic nitrogens is 1. The van der Waals surface area contributed by atoms with E-state index < -0.39 is 0 Å². The van der Waals surface area contributed by atoms with Gasteiger partial charge in [0.25, 0.3) is 0 Å². The van der Waals surface area contributed by atoms with Gasteiger partial charge in [-0.05, 0) is 19.9 Å². The third kappa shape index (κ3) is 3.39. The Morgan fingerprint density at radius 3 is 2.79 bits per heavy atom. The molecule has 0 aliphatic heterocycles. The van der Waals surface area contributed by atoms with Gasteiger partial charge in [-0.1, -0.05) is 26.7 Å². The number of rotatable bonds is 6. The maximum absolute atomic E-state index is 4.31. The molecule has 0 bridgehead atoms. The molecule has 14 heavy (non-hydrogen) atoms. The number of nitrogens with zero attached hydrogens (tertiary/aromatic N) is 1. The number of unbranched alkanes of at least 4 members (excludes halogenated alkanes) is 1. The molecule has 0 saturated heterocycles. The van der Waals surface area contributed by atoms with E-state index in [-0.39, 0.29) is 0 Å². The minimum absolute atomic E-state index is 0.520. The fraction of sp³-hybridized carbons (Fsp3) is 0.727. The molecule has 0 aromatic carbocycles. The molecule has 1 aromatic rings. The average Bonchev–Trinajstić information content (AvgIpc) is 2.59. The van der Waals surface area contributed by atoms with Crippen LogP contribution in [0.4, 0.5) is 0 Å². The van der Waals surface area contributed by atoms with Gasteiger partial charge in [-0.15, -0.1) is 11.3 Å². The first-order chi connectivity index (χ1) is 6.77. The van der Waals surface area contributed by atoms with Crippen molar-refractivity contribution in [1.82, 2.24) is 10.3 Å². The monoisotopic (exact) mass is 212 g/mol. The van der Waals surface area contributed by atoms with Crippen molar-refractivity contribution in [3.05, 3.63) is 16.1 Å². The van der Waals surface area contributed by atoms with Gasteiger partial charge in [0.1, 0.15) is 0 Å². The first-order valence-corrected chi connectivity index (χ1v) is 6.25. The van der Waals surface area contributed by atoms with Crippen LogP contribution in [0.3, 0.4) is 0 Å². The fourth-order valence-corrected chi connectivity index (χ4v) is 2.43. The first kappa shape index (κ1) is 11.7. The molecule has 1 unspecified atom stereocenters. The second-order valence-corrected chi connectivity index (χ2v) is 4.80. The van der Waals surface area contributed by atoms with E-state index in [2.05, 4.69) is 31.1 Å². The van der Waals surface area contributed by atoms with E-state index in [0.29, 0.717) is 6.04 Å². The van der Waals surface area contributed by atoms with Crippen LogP contribution < -0.4 is 5.32 Å². The molecule has 1 rings (SSSR count). The van der Waals surface area contributed by atoms with Crippen molar-refractivity contribution in [3.63, 3.8) is 0 Å². The van der Waals surface area contributed by atoms with Crippen LogP contribution in [0.15, 0.2) is 6.20 Å². The lowest BCUT2D eigenvalue weighted by Gasteiger charge is -2.14. The molecule has 1 N–H and O–H groups in total. The van der Waals surface area contributed by atoms with E-state index in [0.717, 1.165) is 6.54 Å². The second-order valence-electron chi connectivity index (χ2n) is 3.53. The van der Waals surface area contributed by atoms with Crippen LogP contribution in [-0.2, 0) is 0 Å². The minimum atomic E-state index is 0.520. The van der Waals surface area contributed by atoms with Gasteiger partial charge < -0.3 is 5.32 Å². The molecule has 1 heterocycles. The van der Waals surface area contributed by atoms with Gasteiger partial charge in [0, 0.05) is 17.1 Å². The summed E-state index contributed by atoms with van der Waals surface area (Å²) in [7, 11) is 0. The van der Waals surface area contributed by atoms with Gasteiger partial charge >= 0.3 is 0 Å². The molecule has 0 aliphatic rings. The zero-order valence-corrected chi connectivity index (χ0v) is 10.2. The Morgan fingerprint density at radius 1 is 1.50 bits per heavy atom. The first-order valence-electron chi connectivity index (χ1n) is 5.43. The van der Waals surface area contributed by atoms with Crippen molar-refractivity contribution >= 4 is 11.3 Å². The van der Waals surface area contributed by atoms with Crippen LogP contribution >= 0.6 is 11.3 Å². The molecule has 0 saturated carbocycles. The molecule has 1 atom stereocenters. The Hall–Kier alpha value is -0.410. The number of thiazole rings is 1. The maximum Gasteiger partial charge on any atom is 0.0897 e. The third-order valence-electron chi connectivity index (χ3n) is 2.28. The van der Waals surface area contributed by atoms with Crippen molar-refractivity contribution in [3.8, 4) is 0 Å². The summed E-state index contributed by atoms with van der Waals surface area (Å²) in [6, 6.07) is 0.520. The maximum atomic E-state index is 4.31. The van der Waals surface area contributed by atoms with Crippen molar-refractivity contribution in [2.45, 2.75) is 46.1 Å². The topological polar surface area (TPSA) is 24.9 Å². The van der Waals surface area contributed by atoms with Crippen molar-refractivity contribution in [2.24, 2.45) is 0 Å². The highest BCUT2D eigenvalue weighted by atomic mass is 32.1. The van der Waals surface area contributed by atoms with Gasteiger partial charge in [0.2, 0.25) is 0 Å². The quantitative estimate of drug-likeness (QED) is 0.782. The Balaban J connectivity index is 2.57. The van der Waals surface area contributed by atoms with E-state index in [9.17, 15) is 0 Å². The minimum Gasteiger partial charge on any atom is -0.309 e. The summed E-state index contributed by atoms with van der Waals surface area (Å²) in [4.78, 5) is 5.69. The van der Waals surface area contributed by atoms with Crippen LogP contribution in [-0.4, -0.2) is 11.5 Å². The lowest BCUT2D eigenvalue weighted by Crippen LogP contribution is -2.19. The molecule has 0 radical (unpaired) electrons. The van der Waals surface area contributed by atoms with Crippen LogP contribution in [0, 0.1) is 6.92 Å². The zero-order valence-electron chi connectivity index (χ0n) is 9.34. The van der Waals surface area contributed by atoms with E-state index in [4.69, 9.17) is 0 Å². The van der Waals surface area contributed by atoms with Crippen LogP contribution in [0.2, 0.25) is 0 Å². The lowest BCUT2D eigenvalue weighted by atomic mass is 10.1. The van der Waals surface area contributed by atoms with E-state index >= 15 is 0 Å². The Labute approximate surface area is 90.8 Å². The zero-order chi connectivity index (χ0) is 10.4. The highest BCUT2D eigenvalue weighted by Gasteiger charge is 2.11. The van der Waals surface area contributed by atoms with Gasteiger partial charge in [-0.25, -0.2) is 4.98 Å². The second kappa shape index (κ2) is 6.14. The predicted molar refractivity (Wildman–Crippen MR) is 62.8 cm³/mol. The molecule has 2 nitrogen and oxygen atoms in total. The molecule has 0 aliphatic carbocycles. The largest absolute Gasteiger partial charge is 0.309 e. The van der Waals surface area contributed by atoms with Crippen LogP contribution in [0.25, 0.3) is 0 Å². The van der Waals surface area contributed by atoms with Gasteiger partial charge in [0.15, 0.2) is 0 Å². The normalized spacial score (nSPS) is 13.1. The van der Waals surface area contributed by atoms with Gasteiger partial charge in [0.05, 0.1) is 5.01 Å². The molecule has 80 valence electrons. The SMILES string of the molecule is CCCCC(NCC)c1cnc(C)s1. The summed E-state index contributed by atoms with van der Waals surface area (Å²) >= 11 is 1.81. The number of hydrogen-bond acceptors (Lipinski definition) is 3. The molecular weight excluding hydrogens is 192 g/mol. The summed E-state index contributed by atoms with van der Waals surface area (Å²) < 4.78 is 0. The number of aryl methyl sites for hydroxylation is 1. The summed E-state index contributed by atoms with van der Waals surface area (Å²) in [5.41, 5.74) is 0. The van der Waals surface area contributed by atoms with Crippen LogP contribution in [0.1, 0.15) is 49.0 Å². The summed E-state index contributed by atoms with van der Waals surface area (Å²) in [5.74, 6) is 0. The molecule has 1 aromatic heterocycles. The summed E-state index contributed by atoms with van der Waals surface area (Å²) in [6.45, 7) is 7.50. The predicted octanol–water partition coefficient (Wildman–Crippen LogP) is 3.29. The Kier molecular flexibility index (Phi) is 5.12. The summed E-state index contributed by atoms with van der Waals surface area (Å²) in [5, 5.41) is 4.68. The third-order valence-corrected chi connectivity index (χ3v) is 3.31. The Morgan fingerprint density at radius 2 is 2.29 bits per heavy atom. The van der Waals surface area contributed by atoms with Crippen LogP contribution in [0.5, 0.6) is 0 Å². The standard InChI is InChI=1S/C11H20N2S/c1-4-6-7-10(12-5-2)11-8-13-9(3)14-11/h8,10,12H,4-7H2,1-3H3. The van der Waals surface area contributed by atoms with Gasteiger partial charge in [-0.3, -0.25) is 0 Å².